The molecule has 1 saturated heterocycles. The summed E-state index contributed by atoms with van der Waals surface area (Å²) in [6.45, 7) is 4.57. The predicted octanol–water partition coefficient (Wildman–Crippen LogP) is -0.987. The zero-order valence-electron chi connectivity index (χ0n) is 11.5. The Hall–Kier alpha value is -1.02. The molecule has 1 fully saturated rings. The Kier molecular flexibility index (Phi) is 7.57. The van der Waals surface area contributed by atoms with Gasteiger partial charge in [0.05, 0.1) is 52.2 Å². The highest BCUT2D eigenvalue weighted by Gasteiger charge is 2.30. The van der Waals surface area contributed by atoms with Gasteiger partial charge in [-0.1, -0.05) is 0 Å². The Morgan fingerprint density at radius 3 is 2.47 bits per heavy atom. The number of ether oxygens (including phenoxy) is 3. The van der Waals surface area contributed by atoms with Crippen molar-refractivity contribution in [1.82, 2.24) is 10.2 Å². The summed E-state index contributed by atoms with van der Waals surface area (Å²) < 4.78 is 15.4. The van der Waals surface area contributed by atoms with Gasteiger partial charge in [0.25, 0.3) is 0 Å². The first-order valence-corrected chi connectivity index (χ1v) is 6.39. The van der Waals surface area contributed by atoms with Crippen molar-refractivity contribution in [2.75, 3.05) is 53.2 Å². The molecule has 19 heavy (non-hydrogen) atoms. The minimum atomic E-state index is -0.310. The Bertz CT molecular complexity index is 298. The zero-order chi connectivity index (χ0) is 14.1. The van der Waals surface area contributed by atoms with Gasteiger partial charge in [-0.15, -0.1) is 0 Å². The maximum Gasteiger partial charge on any atom is 0.246 e. The second-order valence-electron chi connectivity index (χ2n) is 4.20. The number of carbonyl (C=O) groups is 2. The standard InChI is InChI=1S/C12H22N2O5/c1-10-12(16)14(11(15)9-13-10)3-4-18-7-8-19-6-5-17-2/h10,13H,3-9H2,1-2H3. The summed E-state index contributed by atoms with van der Waals surface area (Å²) in [4.78, 5) is 24.5. The van der Waals surface area contributed by atoms with Crippen LogP contribution in [0.25, 0.3) is 0 Å². The number of amides is 2. The van der Waals surface area contributed by atoms with Crippen LogP contribution in [-0.2, 0) is 23.8 Å². The first-order chi connectivity index (χ1) is 9.16. The fraction of sp³-hybridized carbons (Fsp3) is 0.833. The fourth-order valence-electron chi connectivity index (χ4n) is 1.63. The van der Waals surface area contributed by atoms with Crippen LogP contribution in [0.2, 0.25) is 0 Å². The van der Waals surface area contributed by atoms with Gasteiger partial charge >= 0.3 is 0 Å². The third kappa shape index (κ3) is 5.65. The van der Waals surface area contributed by atoms with Gasteiger partial charge in [-0.25, -0.2) is 0 Å². The Labute approximate surface area is 113 Å². The molecule has 0 radical (unpaired) electrons. The van der Waals surface area contributed by atoms with Crippen LogP contribution in [0.1, 0.15) is 6.92 Å². The summed E-state index contributed by atoms with van der Waals surface area (Å²) in [7, 11) is 1.61. The molecule has 0 aromatic heterocycles. The average Bonchev–Trinajstić information content (AvgIpc) is 2.40. The molecule has 7 nitrogen and oxygen atoms in total. The van der Waals surface area contributed by atoms with Crippen molar-refractivity contribution in [3.63, 3.8) is 0 Å². The van der Waals surface area contributed by atoms with Gasteiger partial charge < -0.3 is 14.2 Å². The molecule has 1 unspecified atom stereocenters. The zero-order valence-corrected chi connectivity index (χ0v) is 11.5. The van der Waals surface area contributed by atoms with Crippen LogP contribution < -0.4 is 5.32 Å². The average molecular weight is 274 g/mol. The maximum absolute atomic E-state index is 11.7. The number of rotatable bonds is 9. The van der Waals surface area contributed by atoms with E-state index in [0.717, 1.165) is 0 Å². The van der Waals surface area contributed by atoms with E-state index in [-0.39, 0.29) is 24.4 Å². The maximum atomic E-state index is 11.7. The van der Waals surface area contributed by atoms with Crippen molar-refractivity contribution < 1.29 is 23.8 Å². The molecule has 1 rings (SSSR count). The quantitative estimate of drug-likeness (QED) is 0.430. The molecule has 1 atom stereocenters. The highest BCUT2D eigenvalue weighted by atomic mass is 16.5. The number of nitrogens with zero attached hydrogens (tertiary/aromatic N) is 1. The summed E-state index contributed by atoms with van der Waals surface area (Å²) >= 11 is 0. The van der Waals surface area contributed by atoms with E-state index in [1.807, 2.05) is 0 Å². The number of hydrogen-bond donors (Lipinski definition) is 1. The summed E-state index contributed by atoms with van der Waals surface area (Å²) in [5, 5.41) is 2.83. The van der Waals surface area contributed by atoms with Gasteiger partial charge in [-0.05, 0) is 6.92 Å². The monoisotopic (exact) mass is 274 g/mol. The second-order valence-corrected chi connectivity index (χ2v) is 4.20. The van der Waals surface area contributed by atoms with Gasteiger partial charge in [-0.2, -0.15) is 0 Å². The van der Waals surface area contributed by atoms with Crippen LogP contribution in [0.5, 0.6) is 0 Å². The number of nitrogens with one attached hydrogen (secondary N) is 1. The molecule has 0 bridgehead atoms. The molecule has 1 aliphatic heterocycles. The molecule has 110 valence electrons. The number of carbonyl (C=O) groups excluding carboxylic acids is 2. The van der Waals surface area contributed by atoms with Crippen molar-refractivity contribution >= 4 is 11.8 Å². The second kappa shape index (κ2) is 8.98. The van der Waals surface area contributed by atoms with Crippen molar-refractivity contribution in [1.29, 1.82) is 0 Å². The van der Waals surface area contributed by atoms with Crippen LogP contribution in [0.3, 0.4) is 0 Å². The normalized spacial score (nSPS) is 20.1. The summed E-state index contributed by atoms with van der Waals surface area (Å²) in [5.41, 5.74) is 0. The molecular formula is C12H22N2O5. The van der Waals surface area contributed by atoms with Gasteiger partial charge in [-0.3, -0.25) is 19.8 Å². The summed E-state index contributed by atoms with van der Waals surface area (Å²) in [6.07, 6.45) is 0. The minimum absolute atomic E-state index is 0.198. The van der Waals surface area contributed by atoms with E-state index in [1.54, 1.807) is 14.0 Å². The lowest BCUT2D eigenvalue weighted by atomic mass is 10.2. The minimum Gasteiger partial charge on any atom is -0.382 e. The molecule has 0 aromatic carbocycles. The predicted molar refractivity (Wildman–Crippen MR) is 67.7 cm³/mol. The van der Waals surface area contributed by atoms with Crippen molar-refractivity contribution in [3.05, 3.63) is 0 Å². The highest BCUT2D eigenvalue weighted by Crippen LogP contribution is 2.02. The molecule has 0 saturated carbocycles. The van der Waals surface area contributed by atoms with E-state index >= 15 is 0 Å². The van der Waals surface area contributed by atoms with E-state index < -0.39 is 0 Å². The van der Waals surface area contributed by atoms with Crippen molar-refractivity contribution in [3.8, 4) is 0 Å². The van der Waals surface area contributed by atoms with Gasteiger partial charge in [0.1, 0.15) is 0 Å². The SMILES string of the molecule is COCCOCCOCCN1C(=O)CNC(C)C1=O. The van der Waals surface area contributed by atoms with Crippen LogP contribution >= 0.6 is 0 Å². The van der Waals surface area contributed by atoms with Crippen LogP contribution in [0, 0.1) is 0 Å². The highest BCUT2D eigenvalue weighted by molar-refractivity contribution is 6.00. The lowest BCUT2D eigenvalue weighted by Crippen LogP contribution is -2.57. The van der Waals surface area contributed by atoms with Crippen LogP contribution in [-0.4, -0.2) is 76.0 Å². The lowest BCUT2D eigenvalue weighted by molar-refractivity contribution is -0.149. The van der Waals surface area contributed by atoms with Crippen molar-refractivity contribution in [2.45, 2.75) is 13.0 Å². The van der Waals surface area contributed by atoms with E-state index in [4.69, 9.17) is 14.2 Å². The molecule has 0 aliphatic carbocycles. The van der Waals surface area contributed by atoms with Crippen molar-refractivity contribution in [2.24, 2.45) is 0 Å². The number of methoxy groups -OCH3 is 1. The topological polar surface area (TPSA) is 77.1 Å². The van der Waals surface area contributed by atoms with Crippen LogP contribution in [0.4, 0.5) is 0 Å². The largest absolute Gasteiger partial charge is 0.382 e. The summed E-state index contributed by atoms with van der Waals surface area (Å²) in [5.74, 6) is -0.403. The first-order valence-electron chi connectivity index (χ1n) is 6.39. The molecule has 1 aliphatic rings. The number of piperazine rings is 1. The molecule has 1 N–H and O–H groups in total. The van der Waals surface area contributed by atoms with Gasteiger partial charge in [0.2, 0.25) is 11.8 Å². The van der Waals surface area contributed by atoms with E-state index in [2.05, 4.69) is 5.32 Å². The van der Waals surface area contributed by atoms with E-state index in [9.17, 15) is 9.59 Å². The van der Waals surface area contributed by atoms with Gasteiger partial charge in [0.15, 0.2) is 0 Å². The fourth-order valence-corrected chi connectivity index (χ4v) is 1.63. The third-order valence-corrected chi connectivity index (χ3v) is 2.76. The smallest absolute Gasteiger partial charge is 0.246 e. The molecule has 1 heterocycles. The third-order valence-electron chi connectivity index (χ3n) is 2.76. The number of hydrogen-bond acceptors (Lipinski definition) is 6. The molecule has 0 spiro atoms. The Morgan fingerprint density at radius 2 is 1.79 bits per heavy atom. The van der Waals surface area contributed by atoms with Crippen LogP contribution in [0.15, 0.2) is 0 Å². The Balaban J connectivity index is 2.08. The molecular weight excluding hydrogens is 252 g/mol. The molecule has 2 amide bonds. The Morgan fingerprint density at radius 1 is 1.16 bits per heavy atom. The lowest BCUT2D eigenvalue weighted by Gasteiger charge is -2.29. The first kappa shape index (κ1) is 16.0. The molecule has 0 aromatic rings. The molecule has 7 heteroatoms. The van der Waals surface area contributed by atoms with E-state index in [1.165, 1.54) is 4.90 Å². The summed E-state index contributed by atoms with van der Waals surface area (Å²) in [6, 6.07) is -0.310. The number of imide groups is 1. The van der Waals surface area contributed by atoms with E-state index in [0.29, 0.717) is 39.6 Å². The van der Waals surface area contributed by atoms with Gasteiger partial charge in [0, 0.05) is 7.11 Å².